The van der Waals surface area contributed by atoms with Crippen molar-refractivity contribution in [2.75, 3.05) is 7.11 Å². The fourth-order valence-electron chi connectivity index (χ4n) is 2.82. The number of rotatable bonds is 7. The third-order valence-corrected chi connectivity index (χ3v) is 4.38. The summed E-state index contributed by atoms with van der Waals surface area (Å²) in [6, 6.07) is 15.9. The molecule has 2 atom stereocenters. The zero-order valence-electron chi connectivity index (χ0n) is 14.7. The standard InChI is InChI=1S/C20H23NO4/c1-14(16-11-7-8-12-17(16)25-3)21-18(22)13-20(2,19(23)24)15-9-5-4-6-10-15/h4-12,14H,13H2,1-3H3,(H,21,22)(H,23,24)/t14-,20+/m1/s1. The largest absolute Gasteiger partial charge is 0.496 e. The third kappa shape index (κ3) is 4.18. The summed E-state index contributed by atoms with van der Waals surface area (Å²) in [7, 11) is 1.57. The first-order valence-corrected chi connectivity index (χ1v) is 8.09. The molecule has 0 aliphatic carbocycles. The van der Waals surface area contributed by atoms with Crippen LogP contribution in [0.4, 0.5) is 0 Å². The average Bonchev–Trinajstić information content (AvgIpc) is 2.61. The Hall–Kier alpha value is -2.82. The van der Waals surface area contributed by atoms with Crippen LogP contribution in [0.3, 0.4) is 0 Å². The van der Waals surface area contributed by atoms with Gasteiger partial charge in [-0.15, -0.1) is 0 Å². The molecule has 0 unspecified atom stereocenters. The Morgan fingerprint density at radius 3 is 2.32 bits per heavy atom. The van der Waals surface area contributed by atoms with Crippen LogP contribution in [0.15, 0.2) is 54.6 Å². The molecule has 2 N–H and O–H groups in total. The number of methoxy groups -OCH3 is 1. The van der Waals surface area contributed by atoms with Crippen LogP contribution in [-0.4, -0.2) is 24.1 Å². The fourth-order valence-corrected chi connectivity index (χ4v) is 2.82. The molecule has 5 heteroatoms. The number of aliphatic carboxylic acids is 1. The maximum Gasteiger partial charge on any atom is 0.314 e. The molecule has 0 aliphatic heterocycles. The fraction of sp³-hybridized carbons (Fsp3) is 0.300. The molecule has 2 rings (SSSR count). The van der Waals surface area contributed by atoms with Gasteiger partial charge in [-0.1, -0.05) is 48.5 Å². The minimum atomic E-state index is -1.29. The lowest BCUT2D eigenvalue weighted by molar-refractivity contribution is -0.145. The number of carboxylic acids is 1. The highest BCUT2D eigenvalue weighted by atomic mass is 16.5. The van der Waals surface area contributed by atoms with Gasteiger partial charge in [-0.25, -0.2) is 0 Å². The van der Waals surface area contributed by atoms with E-state index in [-0.39, 0.29) is 18.4 Å². The number of carbonyl (C=O) groups is 2. The second-order valence-corrected chi connectivity index (χ2v) is 6.21. The van der Waals surface area contributed by atoms with Crippen LogP contribution in [0, 0.1) is 0 Å². The number of para-hydroxylation sites is 1. The van der Waals surface area contributed by atoms with Gasteiger partial charge in [-0.3, -0.25) is 9.59 Å². The molecule has 2 aromatic carbocycles. The first-order valence-electron chi connectivity index (χ1n) is 8.09. The summed E-state index contributed by atoms with van der Waals surface area (Å²) in [5, 5.41) is 12.5. The topological polar surface area (TPSA) is 75.6 Å². The second-order valence-electron chi connectivity index (χ2n) is 6.21. The summed E-state index contributed by atoms with van der Waals surface area (Å²) in [5.74, 6) is -0.676. The number of nitrogens with one attached hydrogen (secondary N) is 1. The molecule has 0 aromatic heterocycles. The van der Waals surface area contributed by atoms with Gasteiger partial charge in [-0.05, 0) is 25.5 Å². The molecular weight excluding hydrogens is 318 g/mol. The maximum atomic E-state index is 12.5. The van der Waals surface area contributed by atoms with Crippen molar-refractivity contribution < 1.29 is 19.4 Å². The molecule has 0 heterocycles. The van der Waals surface area contributed by atoms with Crippen LogP contribution in [0.5, 0.6) is 5.75 Å². The smallest absolute Gasteiger partial charge is 0.314 e. The van der Waals surface area contributed by atoms with E-state index in [1.165, 1.54) is 0 Å². The van der Waals surface area contributed by atoms with E-state index in [9.17, 15) is 14.7 Å². The lowest BCUT2D eigenvalue weighted by atomic mass is 9.79. The van der Waals surface area contributed by atoms with Crippen LogP contribution < -0.4 is 10.1 Å². The molecule has 1 amide bonds. The van der Waals surface area contributed by atoms with Crippen molar-refractivity contribution in [2.24, 2.45) is 0 Å². The normalized spacial score (nSPS) is 14.2. The first-order chi connectivity index (χ1) is 11.9. The Morgan fingerprint density at radius 2 is 1.72 bits per heavy atom. The van der Waals surface area contributed by atoms with Crippen molar-refractivity contribution in [3.63, 3.8) is 0 Å². The van der Waals surface area contributed by atoms with Crippen molar-refractivity contribution >= 4 is 11.9 Å². The molecule has 2 aromatic rings. The Balaban J connectivity index is 2.16. The van der Waals surface area contributed by atoms with Crippen molar-refractivity contribution in [3.8, 4) is 5.75 Å². The Morgan fingerprint density at radius 1 is 1.12 bits per heavy atom. The Labute approximate surface area is 147 Å². The Kier molecular flexibility index (Phi) is 5.80. The van der Waals surface area contributed by atoms with E-state index in [2.05, 4.69) is 5.32 Å². The van der Waals surface area contributed by atoms with Gasteiger partial charge in [0.1, 0.15) is 5.75 Å². The van der Waals surface area contributed by atoms with Crippen LogP contribution in [0.2, 0.25) is 0 Å². The number of hydrogen-bond donors (Lipinski definition) is 2. The van der Waals surface area contributed by atoms with Gasteiger partial charge < -0.3 is 15.2 Å². The summed E-state index contributed by atoms with van der Waals surface area (Å²) in [6.07, 6.45) is -0.147. The molecule has 25 heavy (non-hydrogen) atoms. The van der Waals surface area contributed by atoms with Crippen molar-refractivity contribution in [1.29, 1.82) is 0 Å². The van der Waals surface area contributed by atoms with E-state index < -0.39 is 11.4 Å². The van der Waals surface area contributed by atoms with E-state index in [1.54, 1.807) is 38.3 Å². The monoisotopic (exact) mass is 341 g/mol. The summed E-state index contributed by atoms with van der Waals surface area (Å²) in [4.78, 5) is 24.3. The van der Waals surface area contributed by atoms with E-state index in [1.807, 2.05) is 37.3 Å². The van der Waals surface area contributed by atoms with Gasteiger partial charge in [-0.2, -0.15) is 0 Å². The number of benzene rings is 2. The minimum absolute atomic E-state index is 0.147. The average molecular weight is 341 g/mol. The zero-order chi connectivity index (χ0) is 18.4. The molecule has 0 saturated heterocycles. The molecule has 0 fully saturated rings. The van der Waals surface area contributed by atoms with Gasteiger partial charge in [0.05, 0.1) is 18.6 Å². The summed E-state index contributed by atoms with van der Waals surface area (Å²) in [6.45, 7) is 3.41. The Bertz CT molecular complexity index is 744. The van der Waals surface area contributed by atoms with Gasteiger partial charge in [0.25, 0.3) is 0 Å². The van der Waals surface area contributed by atoms with Crippen molar-refractivity contribution in [1.82, 2.24) is 5.32 Å². The quantitative estimate of drug-likeness (QED) is 0.810. The first kappa shape index (κ1) is 18.5. The highest BCUT2D eigenvalue weighted by Crippen LogP contribution is 2.29. The molecule has 0 spiro atoms. The second kappa shape index (κ2) is 7.83. The number of hydrogen-bond acceptors (Lipinski definition) is 3. The molecule has 132 valence electrons. The van der Waals surface area contributed by atoms with Crippen LogP contribution in [-0.2, 0) is 15.0 Å². The maximum absolute atomic E-state index is 12.5. The third-order valence-electron chi connectivity index (χ3n) is 4.38. The van der Waals surface area contributed by atoms with Crippen LogP contribution in [0.25, 0.3) is 0 Å². The molecule has 0 aliphatic rings. The molecule has 0 saturated carbocycles. The zero-order valence-corrected chi connectivity index (χ0v) is 14.7. The molecule has 0 radical (unpaired) electrons. The molecular formula is C20H23NO4. The number of ether oxygens (including phenoxy) is 1. The highest BCUT2D eigenvalue weighted by molar-refractivity contribution is 5.89. The van der Waals surface area contributed by atoms with E-state index in [0.717, 1.165) is 5.56 Å². The summed E-state index contributed by atoms with van der Waals surface area (Å²) in [5.41, 5.74) is 0.156. The van der Waals surface area contributed by atoms with Gasteiger partial charge in [0.15, 0.2) is 0 Å². The van der Waals surface area contributed by atoms with Gasteiger partial charge in [0, 0.05) is 12.0 Å². The van der Waals surface area contributed by atoms with E-state index >= 15 is 0 Å². The lowest BCUT2D eigenvalue weighted by Gasteiger charge is -2.26. The lowest BCUT2D eigenvalue weighted by Crippen LogP contribution is -2.39. The molecule has 5 nitrogen and oxygen atoms in total. The number of amides is 1. The SMILES string of the molecule is COc1ccccc1[C@@H](C)NC(=O)C[C@](C)(C(=O)O)c1ccccc1. The van der Waals surface area contributed by atoms with Crippen LogP contribution in [0.1, 0.15) is 37.4 Å². The van der Waals surface area contributed by atoms with Crippen molar-refractivity contribution in [3.05, 3.63) is 65.7 Å². The highest BCUT2D eigenvalue weighted by Gasteiger charge is 2.37. The summed E-state index contributed by atoms with van der Waals surface area (Å²) < 4.78 is 5.31. The van der Waals surface area contributed by atoms with E-state index in [0.29, 0.717) is 11.3 Å². The van der Waals surface area contributed by atoms with Crippen LogP contribution >= 0.6 is 0 Å². The van der Waals surface area contributed by atoms with E-state index in [4.69, 9.17) is 4.74 Å². The predicted molar refractivity (Wildman–Crippen MR) is 95.6 cm³/mol. The minimum Gasteiger partial charge on any atom is -0.496 e. The van der Waals surface area contributed by atoms with Gasteiger partial charge >= 0.3 is 5.97 Å². The predicted octanol–water partition coefficient (Wildman–Crippen LogP) is 3.31. The number of carbonyl (C=O) groups excluding carboxylic acids is 1. The van der Waals surface area contributed by atoms with Crippen molar-refractivity contribution in [2.45, 2.75) is 31.7 Å². The van der Waals surface area contributed by atoms with Gasteiger partial charge in [0.2, 0.25) is 5.91 Å². The number of carboxylic acid groups (broad SMARTS) is 1. The summed E-state index contributed by atoms with van der Waals surface area (Å²) >= 11 is 0. The molecule has 0 bridgehead atoms.